The zero-order valence-corrected chi connectivity index (χ0v) is 14.2. The van der Waals surface area contributed by atoms with E-state index in [1.807, 2.05) is 0 Å². The maximum absolute atomic E-state index is 13.3. The number of aromatic nitrogens is 2. The molecule has 0 aliphatic rings. The van der Waals surface area contributed by atoms with Gasteiger partial charge in [0, 0.05) is 17.2 Å². The minimum absolute atomic E-state index is 0.138. The van der Waals surface area contributed by atoms with Gasteiger partial charge in [-0.25, -0.2) is 8.78 Å². The number of nitrogens with one attached hydrogen (secondary N) is 1. The van der Waals surface area contributed by atoms with Crippen LogP contribution >= 0.6 is 11.6 Å². The molecular weight excluding hydrogens is 380 g/mol. The zero-order chi connectivity index (χ0) is 19.6. The lowest BCUT2D eigenvalue weighted by Crippen LogP contribution is -1.96. The number of hydrogen-bond donors (Lipinski definition) is 1. The first kappa shape index (κ1) is 18.4. The molecule has 3 rings (SSSR count). The number of carbonyl (C=O) groups excluding carboxylic acids is 1. The van der Waals surface area contributed by atoms with Crippen molar-refractivity contribution in [2.45, 2.75) is 0 Å². The third-order valence-electron chi connectivity index (χ3n) is 3.66. The van der Waals surface area contributed by atoms with Gasteiger partial charge in [-0.1, -0.05) is 11.6 Å². The Labute approximate surface area is 156 Å². The average molecular weight is 390 g/mol. The molecule has 0 spiro atoms. The quantitative estimate of drug-likeness (QED) is 0.293. The Morgan fingerprint density at radius 2 is 1.93 bits per heavy atom. The molecule has 136 valence electrons. The second-order valence-corrected chi connectivity index (χ2v) is 5.87. The van der Waals surface area contributed by atoms with E-state index in [9.17, 15) is 23.7 Å². The summed E-state index contributed by atoms with van der Waals surface area (Å²) in [6.07, 6.45) is 2.67. The van der Waals surface area contributed by atoms with E-state index in [1.165, 1.54) is 30.4 Å². The van der Waals surface area contributed by atoms with Gasteiger partial charge in [0.25, 0.3) is 5.69 Å². The molecule has 0 fully saturated rings. The Balaban J connectivity index is 1.77. The summed E-state index contributed by atoms with van der Waals surface area (Å²) in [5.41, 5.74) is 1.10. The molecule has 1 N–H and O–H groups in total. The van der Waals surface area contributed by atoms with Gasteiger partial charge in [0.1, 0.15) is 5.02 Å². The number of nitro benzene ring substituents is 1. The Hall–Kier alpha value is -3.39. The Morgan fingerprint density at radius 1 is 1.15 bits per heavy atom. The molecule has 0 atom stereocenters. The summed E-state index contributed by atoms with van der Waals surface area (Å²) in [4.78, 5) is 22.3. The maximum atomic E-state index is 13.3. The molecule has 0 unspecified atom stereocenters. The van der Waals surface area contributed by atoms with Crippen LogP contribution in [0.5, 0.6) is 0 Å². The van der Waals surface area contributed by atoms with Crippen molar-refractivity contribution in [1.82, 2.24) is 10.2 Å². The van der Waals surface area contributed by atoms with Gasteiger partial charge in [-0.3, -0.25) is 20.0 Å². The second kappa shape index (κ2) is 7.46. The number of ketones is 1. The molecule has 3 aromatic rings. The number of rotatable bonds is 5. The third-order valence-corrected chi connectivity index (χ3v) is 3.96. The van der Waals surface area contributed by atoms with Crippen LogP contribution in [0.3, 0.4) is 0 Å². The van der Waals surface area contributed by atoms with Crippen molar-refractivity contribution in [1.29, 1.82) is 0 Å². The van der Waals surface area contributed by atoms with Crippen molar-refractivity contribution in [2.24, 2.45) is 0 Å². The fourth-order valence-electron chi connectivity index (χ4n) is 2.30. The highest BCUT2D eigenvalue weighted by Gasteiger charge is 2.14. The van der Waals surface area contributed by atoms with Crippen molar-refractivity contribution in [3.63, 3.8) is 0 Å². The lowest BCUT2D eigenvalue weighted by atomic mass is 10.1. The van der Waals surface area contributed by atoms with Crippen LogP contribution < -0.4 is 0 Å². The number of hydrogen-bond acceptors (Lipinski definition) is 4. The summed E-state index contributed by atoms with van der Waals surface area (Å²) >= 11 is 5.79. The van der Waals surface area contributed by atoms with E-state index < -0.39 is 22.3 Å². The van der Waals surface area contributed by atoms with E-state index in [1.54, 1.807) is 6.07 Å². The Morgan fingerprint density at radius 3 is 2.59 bits per heavy atom. The lowest BCUT2D eigenvalue weighted by Gasteiger charge is -1.98. The number of aromatic amines is 1. The molecule has 2 aromatic carbocycles. The highest BCUT2D eigenvalue weighted by Crippen LogP contribution is 2.25. The van der Waals surface area contributed by atoms with Crippen LogP contribution in [0.25, 0.3) is 17.3 Å². The first-order valence-electron chi connectivity index (χ1n) is 7.52. The van der Waals surface area contributed by atoms with Crippen molar-refractivity contribution in [3.05, 3.63) is 86.6 Å². The number of H-pyrrole nitrogens is 1. The number of allylic oxidation sites excluding steroid dienone is 1. The number of nitro groups is 1. The maximum Gasteiger partial charge on any atom is 0.287 e. The molecule has 1 heterocycles. The summed E-state index contributed by atoms with van der Waals surface area (Å²) in [5, 5.41) is 17.2. The number of nitrogens with zero attached hydrogens (tertiary/aromatic N) is 2. The fourth-order valence-corrected chi connectivity index (χ4v) is 2.54. The Bertz CT molecular complexity index is 1080. The van der Waals surface area contributed by atoms with Crippen LogP contribution in [-0.2, 0) is 0 Å². The minimum atomic E-state index is -0.988. The fraction of sp³-hybridized carbons (Fsp3) is 0. The highest BCUT2D eigenvalue weighted by atomic mass is 35.5. The van der Waals surface area contributed by atoms with Gasteiger partial charge < -0.3 is 0 Å². The molecule has 0 radical (unpaired) electrons. The van der Waals surface area contributed by atoms with Crippen molar-refractivity contribution >= 4 is 29.1 Å². The summed E-state index contributed by atoms with van der Waals surface area (Å²) in [5.74, 6) is -2.37. The standard InChI is InChI=1S/C18H10ClF2N3O3/c19-13-7-11(2-5-17(13)24(26)27)18(25)6-3-12-9-16(23-22-12)10-1-4-14(20)15(21)8-10/h1-9H,(H,22,23)/b6-3+. The highest BCUT2D eigenvalue weighted by molar-refractivity contribution is 6.33. The van der Waals surface area contributed by atoms with E-state index in [0.717, 1.165) is 18.2 Å². The molecule has 0 saturated heterocycles. The smallest absolute Gasteiger partial charge is 0.287 e. The van der Waals surface area contributed by atoms with Crippen LogP contribution in [-0.4, -0.2) is 20.9 Å². The van der Waals surface area contributed by atoms with Crippen LogP contribution in [0.1, 0.15) is 16.1 Å². The number of benzene rings is 2. The molecule has 1 aromatic heterocycles. The van der Waals surface area contributed by atoms with Crippen molar-refractivity contribution in [3.8, 4) is 11.3 Å². The molecule has 9 heteroatoms. The molecule has 27 heavy (non-hydrogen) atoms. The summed E-state index contributed by atoms with van der Waals surface area (Å²) < 4.78 is 26.3. The summed E-state index contributed by atoms with van der Waals surface area (Å²) in [7, 11) is 0. The van der Waals surface area contributed by atoms with Crippen molar-refractivity contribution in [2.75, 3.05) is 0 Å². The summed E-state index contributed by atoms with van der Waals surface area (Å²) in [6, 6.07) is 8.62. The van der Waals surface area contributed by atoms with E-state index in [2.05, 4.69) is 10.2 Å². The van der Waals surface area contributed by atoms with Crippen molar-refractivity contribution < 1.29 is 18.5 Å². The van der Waals surface area contributed by atoms with Gasteiger partial charge in [-0.05, 0) is 48.6 Å². The number of halogens is 3. The van der Waals surface area contributed by atoms with E-state index in [-0.39, 0.29) is 16.3 Å². The van der Waals surface area contributed by atoms with Gasteiger partial charge in [-0.2, -0.15) is 5.10 Å². The Kier molecular flexibility index (Phi) is 5.09. The van der Waals surface area contributed by atoms with Crippen LogP contribution in [0, 0.1) is 21.7 Å². The molecule has 0 saturated carbocycles. The van der Waals surface area contributed by atoms with Gasteiger partial charge in [0.15, 0.2) is 17.4 Å². The first-order chi connectivity index (χ1) is 12.8. The van der Waals surface area contributed by atoms with Crippen LogP contribution in [0.4, 0.5) is 14.5 Å². The molecular formula is C18H10ClF2N3O3. The van der Waals surface area contributed by atoms with Crippen LogP contribution in [0.2, 0.25) is 5.02 Å². The largest absolute Gasteiger partial charge is 0.289 e. The van der Waals surface area contributed by atoms with Gasteiger partial charge in [0.2, 0.25) is 0 Å². The third kappa shape index (κ3) is 4.06. The average Bonchev–Trinajstić information content (AvgIpc) is 3.10. The monoisotopic (exact) mass is 389 g/mol. The first-order valence-corrected chi connectivity index (χ1v) is 7.90. The molecule has 0 bridgehead atoms. The van der Waals surface area contributed by atoms with Gasteiger partial charge in [-0.15, -0.1) is 0 Å². The second-order valence-electron chi connectivity index (χ2n) is 5.46. The molecule has 6 nitrogen and oxygen atoms in total. The SMILES string of the molecule is O=C(/C=C/c1cc(-c2ccc(F)c(F)c2)n[nH]1)c1ccc([N+](=O)[O-])c(Cl)c1. The number of carbonyl (C=O) groups is 1. The van der Waals surface area contributed by atoms with E-state index in [0.29, 0.717) is 17.0 Å². The normalized spacial score (nSPS) is 11.1. The topological polar surface area (TPSA) is 88.9 Å². The van der Waals surface area contributed by atoms with Gasteiger partial charge in [0.05, 0.1) is 16.3 Å². The predicted molar refractivity (Wildman–Crippen MR) is 95.4 cm³/mol. The van der Waals surface area contributed by atoms with E-state index in [4.69, 9.17) is 11.6 Å². The lowest BCUT2D eigenvalue weighted by molar-refractivity contribution is -0.384. The molecule has 0 aliphatic carbocycles. The zero-order valence-electron chi connectivity index (χ0n) is 13.4. The van der Waals surface area contributed by atoms with Crippen LogP contribution in [0.15, 0.2) is 48.5 Å². The van der Waals surface area contributed by atoms with E-state index >= 15 is 0 Å². The molecule has 0 amide bonds. The minimum Gasteiger partial charge on any atom is -0.289 e. The molecule has 0 aliphatic heterocycles. The van der Waals surface area contributed by atoms with Gasteiger partial charge >= 0.3 is 0 Å². The summed E-state index contributed by atoms with van der Waals surface area (Å²) in [6.45, 7) is 0. The predicted octanol–water partition coefficient (Wildman–Crippen LogP) is 4.81.